The van der Waals surface area contributed by atoms with Gasteiger partial charge in [0.1, 0.15) is 28.9 Å². The van der Waals surface area contributed by atoms with Crippen LogP contribution < -0.4 is 16.0 Å². The van der Waals surface area contributed by atoms with Crippen LogP contribution in [0.1, 0.15) is 52.5 Å². The summed E-state index contributed by atoms with van der Waals surface area (Å²) in [6, 6.07) is 5.85. The molecule has 1 aromatic heterocycles. The summed E-state index contributed by atoms with van der Waals surface area (Å²) in [4.78, 5) is 35.3. The number of aromatic nitrogens is 2. The largest absolute Gasteiger partial charge is 0.444 e. The van der Waals surface area contributed by atoms with Crippen molar-refractivity contribution in [2.24, 2.45) is 0 Å². The Morgan fingerprint density at radius 2 is 1.97 bits per heavy atom. The summed E-state index contributed by atoms with van der Waals surface area (Å²) >= 11 is 0. The maximum absolute atomic E-state index is 14.2. The van der Waals surface area contributed by atoms with E-state index in [9.17, 15) is 18.4 Å². The Bertz CT molecular complexity index is 1210. The average Bonchev–Trinajstić information content (AvgIpc) is 3.17. The van der Waals surface area contributed by atoms with E-state index >= 15 is 0 Å². The molecule has 3 N–H and O–H groups in total. The first-order chi connectivity index (χ1) is 17.9. The lowest BCUT2D eigenvalue weighted by atomic mass is 9.97. The van der Waals surface area contributed by atoms with Crippen LogP contribution in [0.2, 0.25) is 0 Å². The minimum absolute atomic E-state index is 0.0866. The number of nitrogens with zero attached hydrogens (tertiary/aromatic N) is 3. The van der Waals surface area contributed by atoms with Gasteiger partial charge in [0.15, 0.2) is 0 Å². The van der Waals surface area contributed by atoms with E-state index in [2.05, 4.69) is 37.8 Å². The molecule has 1 aliphatic heterocycles. The van der Waals surface area contributed by atoms with Crippen LogP contribution in [0.3, 0.4) is 0 Å². The second kappa shape index (κ2) is 12.1. The Morgan fingerprint density at radius 3 is 2.63 bits per heavy atom. The first-order valence-corrected chi connectivity index (χ1v) is 12.4. The number of carbonyl (C=O) groups excluding carboxylic acids is 2. The van der Waals surface area contributed by atoms with Crippen LogP contribution in [0, 0.1) is 17.7 Å². The molecule has 0 aliphatic carbocycles. The van der Waals surface area contributed by atoms with Gasteiger partial charge in [0, 0.05) is 32.1 Å². The number of alkyl halides is 1. The van der Waals surface area contributed by atoms with Crippen molar-refractivity contribution in [3.8, 4) is 11.8 Å². The van der Waals surface area contributed by atoms with Crippen LogP contribution in [0.25, 0.3) is 0 Å². The number of carbonyl (C=O) groups is 2. The number of unbranched alkanes of at least 4 members (excludes halogenated alkanes) is 1. The topological polar surface area (TPSA) is 108 Å². The van der Waals surface area contributed by atoms with Crippen LogP contribution >= 0.6 is 0 Å². The average molecular weight is 529 g/mol. The second-order valence-corrected chi connectivity index (χ2v) is 10.2. The molecule has 204 valence electrons. The number of likely N-dealkylation sites (tertiary alicyclic amines) is 1. The number of halogens is 2. The van der Waals surface area contributed by atoms with Gasteiger partial charge >= 0.3 is 6.09 Å². The van der Waals surface area contributed by atoms with Gasteiger partial charge in [-0.2, -0.15) is 4.98 Å². The van der Waals surface area contributed by atoms with Gasteiger partial charge < -0.3 is 20.7 Å². The third-order valence-electron chi connectivity index (χ3n) is 5.81. The SMILES string of the molecule is CNc1nc(Nc2ccc(F)cc2)ncc1C#CCCCNC(=O)[C@]1(C)C[C@H](F)CN1C(=O)OC(C)(C)C. The number of amides is 2. The molecule has 0 unspecified atom stereocenters. The van der Waals surface area contributed by atoms with Crippen molar-refractivity contribution in [2.75, 3.05) is 30.8 Å². The monoisotopic (exact) mass is 528 g/mol. The summed E-state index contributed by atoms with van der Waals surface area (Å²) < 4.78 is 32.7. The molecule has 0 radical (unpaired) electrons. The maximum Gasteiger partial charge on any atom is 0.411 e. The molecule has 0 bridgehead atoms. The van der Waals surface area contributed by atoms with Gasteiger partial charge in [-0.15, -0.1) is 0 Å². The molecule has 2 atom stereocenters. The summed E-state index contributed by atoms with van der Waals surface area (Å²) in [6.45, 7) is 6.85. The van der Waals surface area contributed by atoms with Crippen LogP contribution in [-0.4, -0.2) is 64.3 Å². The Kier molecular flexibility index (Phi) is 9.09. The molecule has 1 aliphatic rings. The summed E-state index contributed by atoms with van der Waals surface area (Å²) in [5.41, 5.74) is -0.825. The van der Waals surface area contributed by atoms with Crippen LogP contribution in [-0.2, 0) is 9.53 Å². The second-order valence-electron chi connectivity index (χ2n) is 10.2. The first-order valence-electron chi connectivity index (χ1n) is 12.4. The predicted molar refractivity (Wildman–Crippen MR) is 141 cm³/mol. The standard InChI is InChI=1S/C27H34F2N6O3/c1-26(2,3)38-25(37)35-17-20(29)15-27(35,4)23(36)31-14-8-6-7-9-18-16-32-24(34-22(18)30-5)33-21-12-10-19(28)11-13-21/h10-13,16,20H,6,8,14-15,17H2,1-5H3,(H,31,36)(H2,30,32,33,34)/t20-,27-/m0/s1. The number of nitrogens with one attached hydrogen (secondary N) is 3. The molecule has 38 heavy (non-hydrogen) atoms. The lowest BCUT2D eigenvalue weighted by Gasteiger charge is -2.34. The van der Waals surface area contributed by atoms with Crippen molar-refractivity contribution in [1.29, 1.82) is 0 Å². The maximum atomic E-state index is 14.2. The predicted octanol–water partition coefficient (Wildman–Crippen LogP) is 4.39. The number of ether oxygens (including phenoxy) is 1. The van der Waals surface area contributed by atoms with Gasteiger partial charge in [-0.3, -0.25) is 9.69 Å². The van der Waals surface area contributed by atoms with Crippen molar-refractivity contribution in [3.05, 3.63) is 41.8 Å². The molecule has 1 saturated heterocycles. The summed E-state index contributed by atoms with van der Waals surface area (Å²) in [6.07, 6.45) is 0.528. The fraction of sp³-hybridized carbons (Fsp3) is 0.481. The van der Waals surface area contributed by atoms with Crippen molar-refractivity contribution in [1.82, 2.24) is 20.2 Å². The molecule has 3 rings (SSSR count). The highest BCUT2D eigenvalue weighted by molar-refractivity contribution is 5.90. The Balaban J connectivity index is 1.52. The minimum Gasteiger partial charge on any atom is -0.444 e. The van der Waals surface area contributed by atoms with Crippen molar-refractivity contribution < 1.29 is 23.1 Å². The van der Waals surface area contributed by atoms with Gasteiger partial charge in [-0.05, 0) is 58.4 Å². The van der Waals surface area contributed by atoms with Gasteiger partial charge in [0.25, 0.3) is 0 Å². The third-order valence-corrected chi connectivity index (χ3v) is 5.81. The molecule has 2 aromatic rings. The first kappa shape index (κ1) is 28.6. The van der Waals surface area contributed by atoms with Crippen LogP contribution in [0.15, 0.2) is 30.5 Å². The highest BCUT2D eigenvalue weighted by Crippen LogP contribution is 2.32. The van der Waals surface area contributed by atoms with E-state index in [0.717, 1.165) is 0 Å². The summed E-state index contributed by atoms with van der Waals surface area (Å²) in [7, 11) is 1.72. The fourth-order valence-corrected chi connectivity index (χ4v) is 3.93. The van der Waals surface area contributed by atoms with E-state index in [-0.39, 0.29) is 18.8 Å². The normalized spacial score (nSPS) is 18.8. The van der Waals surface area contributed by atoms with Gasteiger partial charge in [0.05, 0.1) is 18.3 Å². The van der Waals surface area contributed by atoms with Gasteiger partial charge in [0.2, 0.25) is 11.9 Å². The van der Waals surface area contributed by atoms with Gasteiger partial charge in [-0.25, -0.2) is 18.6 Å². The quantitative estimate of drug-likeness (QED) is 0.361. The molecular formula is C27H34F2N6O3. The lowest BCUT2D eigenvalue weighted by molar-refractivity contribution is -0.130. The van der Waals surface area contributed by atoms with Crippen LogP contribution in [0.5, 0.6) is 0 Å². The van der Waals surface area contributed by atoms with Crippen molar-refractivity contribution in [3.63, 3.8) is 0 Å². The molecule has 0 saturated carbocycles. The fourth-order valence-electron chi connectivity index (χ4n) is 3.93. The Labute approximate surface area is 221 Å². The molecule has 1 fully saturated rings. The molecular weight excluding hydrogens is 494 g/mol. The van der Waals surface area contributed by atoms with E-state index in [4.69, 9.17) is 4.74 Å². The van der Waals surface area contributed by atoms with E-state index in [1.165, 1.54) is 17.0 Å². The van der Waals surface area contributed by atoms with Crippen molar-refractivity contribution in [2.45, 2.75) is 64.3 Å². The van der Waals surface area contributed by atoms with E-state index in [1.54, 1.807) is 53.1 Å². The van der Waals surface area contributed by atoms with E-state index < -0.39 is 29.3 Å². The zero-order valence-electron chi connectivity index (χ0n) is 22.3. The number of anilines is 3. The molecule has 9 nitrogen and oxygen atoms in total. The zero-order chi connectivity index (χ0) is 27.9. The molecule has 11 heteroatoms. The Morgan fingerprint density at radius 1 is 1.26 bits per heavy atom. The van der Waals surface area contributed by atoms with E-state index in [0.29, 0.717) is 42.4 Å². The summed E-state index contributed by atoms with van der Waals surface area (Å²) in [5.74, 6) is 6.17. The number of hydrogen-bond acceptors (Lipinski definition) is 7. The smallest absolute Gasteiger partial charge is 0.411 e. The van der Waals surface area contributed by atoms with Crippen molar-refractivity contribution >= 4 is 29.5 Å². The molecule has 2 amide bonds. The molecule has 0 spiro atoms. The number of benzene rings is 1. The zero-order valence-corrected chi connectivity index (χ0v) is 22.3. The Hall–Kier alpha value is -3.94. The molecule has 1 aromatic carbocycles. The van der Waals surface area contributed by atoms with Gasteiger partial charge in [-0.1, -0.05) is 11.8 Å². The third kappa shape index (κ3) is 7.54. The van der Waals surface area contributed by atoms with E-state index in [1.807, 2.05) is 0 Å². The van der Waals surface area contributed by atoms with Crippen LogP contribution in [0.4, 0.5) is 31.0 Å². The highest BCUT2D eigenvalue weighted by atomic mass is 19.1. The number of hydrogen-bond donors (Lipinski definition) is 3. The highest BCUT2D eigenvalue weighted by Gasteiger charge is 2.51. The minimum atomic E-state index is -1.32. The molecule has 2 heterocycles. The summed E-state index contributed by atoms with van der Waals surface area (Å²) in [5, 5.41) is 8.78. The number of rotatable bonds is 7. The lowest BCUT2D eigenvalue weighted by Crippen LogP contribution is -2.56.